The van der Waals surface area contributed by atoms with E-state index in [1.54, 1.807) is 26.4 Å². The van der Waals surface area contributed by atoms with Crippen LogP contribution in [-0.2, 0) is 0 Å². The molecule has 0 spiro atoms. The number of benzene rings is 1. The molecule has 21 heavy (non-hydrogen) atoms. The van der Waals surface area contributed by atoms with Gasteiger partial charge in [-0.1, -0.05) is 6.07 Å². The Balaban J connectivity index is 2.27. The fourth-order valence-electron chi connectivity index (χ4n) is 2.84. The summed E-state index contributed by atoms with van der Waals surface area (Å²) in [5.41, 5.74) is 6.49. The zero-order chi connectivity index (χ0) is 15.4. The average molecular weight is 292 g/mol. The molecule has 1 amide bonds. The second-order valence-corrected chi connectivity index (χ2v) is 5.55. The minimum absolute atomic E-state index is 0.0466. The molecule has 5 nitrogen and oxygen atoms in total. The van der Waals surface area contributed by atoms with Crippen molar-refractivity contribution in [1.82, 2.24) is 4.90 Å². The van der Waals surface area contributed by atoms with Crippen molar-refractivity contribution in [3.8, 4) is 11.5 Å². The third-order valence-electron chi connectivity index (χ3n) is 4.13. The highest BCUT2D eigenvalue weighted by atomic mass is 16.5. The average Bonchev–Trinajstić information content (AvgIpc) is 2.53. The third kappa shape index (κ3) is 3.29. The van der Waals surface area contributed by atoms with Crippen LogP contribution in [0, 0.1) is 5.92 Å². The SMILES string of the molecule is COc1cccc(OC)c1C(=O)N1CCCC(C(C)N)C1. The van der Waals surface area contributed by atoms with E-state index in [2.05, 4.69) is 0 Å². The van der Waals surface area contributed by atoms with E-state index in [-0.39, 0.29) is 11.9 Å². The zero-order valence-corrected chi connectivity index (χ0v) is 13.0. The van der Waals surface area contributed by atoms with Gasteiger partial charge >= 0.3 is 0 Å². The molecule has 0 aliphatic carbocycles. The lowest BCUT2D eigenvalue weighted by molar-refractivity contribution is 0.0654. The molecule has 2 unspecified atom stereocenters. The lowest BCUT2D eigenvalue weighted by Gasteiger charge is -2.35. The van der Waals surface area contributed by atoms with E-state index in [9.17, 15) is 4.79 Å². The maximum absolute atomic E-state index is 12.9. The molecule has 0 radical (unpaired) electrons. The Morgan fingerprint density at radius 1 is 1.33 bits per heavy atom. The van der Waals surface area contributed by atoms with Gasteiger partial charge in [-0.15, -0.1) is 0 Å². The van der Waals surface area contributed by atoms with E-state index in [0.29, 0.717) is 29.5 Å². The van der Waals surface area contributed by atoms with Crippen LogP contribution in [0.5, 0.6) is 11.5 Å². The van der Waals surface area contributed by atoms with E-state index in [1.165, 1.54) is 0 Å². The lowest BCUT2D eigenvalue weighted by atomic mass is 9.91. The van der Waals surface area contributed by atoms with Crippen molar-refractivity contribution in [2.45, 2.75) is 25.8 Å². The number of likely N-dealkylation sites (tertiary alicyclic amines) is 1. The molecule has 0 saturated carbocycles. The Kier molecular flexibility index (Phi) is 5.07. The van der Waals surface area contributed by atoms with E-state index in [0.717, 1.165) is 19.4 Å². The molecule has 2 N–H and O–H groups in total. The Morgan fingerprint density at radius 2 is 1.95 bits per heavy atom. The van der Waals surface area contributed by atoms with Crippen LogP contribution in [-0.4, -0.2) is 44.2 Å². The first kappa shape index (κ1) is 15.6. The summed E-state index contributed by atoms with van der Waals surface area (Å²) in [7, 11) is 3.12. The normalized spacial score (nSPS) is 20.0. The molecule has 1 aliphatic rings. The molecule has 0 bridgehead atoms. The Labute approximate surface area is 126 Å². The number of carbonyl (C=O) groups excluding carboxylic acids is 1. The highest BCUT2D eigenvalue weighted by molar-refractivity contribution is 5.99. The van der Waals surface area contributed by atoms with E-state index in [4.69, 9.17) is 15.2 Å². The Bertz CT molecular complexity index is 480. The van der Waals surface area contributed by atoms with E-state index < -0.39 is 0 Å². The van der Waals surface area contributed by atoms with E-state index in [1.807, 2.05) is 17.9 Å². The largest absolute Gasteiger partial charge is 0.496 e. The monoisotopic (exact) mass is 292 g/mol. The van der Waals surface area contributed by atoms with Crippen molar-refractivity contribution in [2.24, 2.45) is 11.7 Å². The first-order valence-electron chi connectivity index (χ1n) is 7.34. The number of piperidine rings is 1. The predicted octanol–water partition coefficient (Wildman–Crippen LogP) is 1.90. The smallest absolute Gasteiger partial charge is 0.261 e. The first-order chi connectivity index (χ1) is 10.1. The van der Waals surface area contributed by atoms with Crippen LogP contribution in [0.2, 0.25) is 0 Å². The number of nitrogens with two attached hydrogens (primary N) is 1. The van der Waals surface area contributed by atoms with Crippen molar-refractivity contribution >= 4 is 5.91 Å². The van der Waals surface area contributed by atoms with Crippen molar-refractivity contribution in [2.75, 3.05) is 27.3 Å². The zero-order valence-electron chi connectivity index (χ0n) is 13.0. The minimum atomic E-state index is -0.0466. The predicted molar refractivity (Wildman–Crippen MR) is 81.8 cm³/mol. The Morgan fingerprint density at radius 3 is 2.48 bits per heavy atom. The summed E-state index contributed by atoms with van der Waals surface area (Å²) in [6, 6.07) is 5.47. The fourth-order valence-corrected chi connectivity index (χ4v) is 2.84. The quantitative estimate of drug-likeness (QED) is 0.920. The van der Waals surface area contributed by atoms with Crippen molar-refractivity contribution in [1.29, 1.82) is 0 Å². The minimum Gasteiger partial charge on any atom is -0.496 e. The Hall–Kier alpha value is -1.75. The second kappa shape index (κ2) is 6.80. The summed E-state index contributed by atoms with van der Waals surface area (Å²) < 4.78 is 10.6. The van der Waals surface area contributed by atoms with Crippen LogP contribution in [0.15, 0.2) is 18.2 Å². The molecule has 5 heteroatoms. The van der Waals surface area contributed by atoms with Gasteiger partial charge in [0.25, 0.3) is 5.91 Å². The van der Waals surface area contributed by atoms with Gasteiger partial charge in [0.2, 0.25) is 0 Å². The summed E-state index contributed by atoms with van der Waals surface area (Å²) in [6.07, 6.45) is 2.06. The van der Waals surface area contributed by atoms with Crippen LogP contribution in [0.1, 0.15) is 30.1 Å². The van der Waals surface area contributed by atoms with Gasteiger partial charge in [0.05, 0.1) is 14.2 Å². The molecule has 0 aromatic heterocycles. The molecule has 116 valence electrons. The number of nitrogens with zero attached hydrogens (tertiary/aromatic N) is 1. The molecule has 1 aliphatic heterocycles. The van der Waals surface area contributed by atoms with E-state index >= 15 is 0 Å². The van der Waals surface area contributed by atoms with Gasteiger partial charge in [0.1, 0.15) is 17.1 Å². The molecule has 2 atom stereocenters. The summed E-state index contributed by atoms with van der Waals surface area (Å²) in [4.78, 5) is 14.7. The second-order valence-electron chi connectivity index (χ2n) is 5.55. The molecular weight excluding hydrogens is 268 g/mol. The standard InChI is InChI=1S/C16H24N2O3/c1-11(17)12-6-5-9-18(10-12)16(19)15-13(20-2)7-4-8-14(15)21-3/h4,7-8,11-12H,5-6,9-10,17H2,1-3H3. The number of hydrogen-bond acceptors (Lipinski definition) is 4. The molecule has 1 heterocycles. The highest BCUT2D eigenvalue weighted by Gasteiger charge is 2.29. The number of methoxy groups -OCH3 is 2. The van der Waals surface area contributed by atoms with Crippen LogP contribution in [0.4, 0.5) is 0 Å². The molecule has 1 fully saturated rings. The lowest BCUT2D eigenvalue weighted by Crippen LogP contribution is -2.45. The van der Waals surface area contributed by atoms with Gasteiger partial charge in [0.15, 0.2) is 0 Å². The molecule has 1 aromatic rings. The number of carbonyl (C=O) groups is 1. The summed E-state index contributed by atoms with van der Waals surface area (Å²) in [6.45, 7) is 3.45. The van der Waals surface area contributed by atoms with Gasteiger partial charge < -0.3 is 20.1 Å². The summed E-state index contributed by atoms with van der Waals surface area (Å²) in [5.74, 6) is 1.39. The van der Waals surface area contributed by atoms with Crippen LogP contribution in [0.25, 0.3) is 0 Å². The number of rotatable bonds is 4. The molecular formula is C16H24N2O3. The number of hydrogen-bond donors (Lipinski definition) is 1. The van der Waals surface area contributed by atoms with Crippen LogP contribution >= 0.6 is 0 Å². The number of amides is 1. The molecule has 1 aromatic carbocycles. The van der Waals surface area contributed by atoms with Gasteiger partial charge in [-0.25, -0.2) is 0 Å². The summed E-state index contributed by atoms with van der Waals surface area (Å²) in [5, 5.41) is 0. The maximum atomic E-state index is 12.9. The molecule has 1 saturated heterocycles. The number of ether oxygens (including phenoxy) is 2. The van der Waals surface area contributed by atoms with Crippen molar-refractivity contribution in [3.05, 3.63) is 23.8 Å². The molecule has 2 rings (SSSR count). The first-order valence-corrected chi connectivity index (χ1v) is 7.34. The van der Waals surface area contributed by atoms with Crippen LogP contribution < -0.4 is 15.2 Å². The van der Waals surface area contributed by atoms with Crippen LogP contribution in [0.3, 0.4) is 0 Å². The summed E-state index contributed by atoms with van der Waals surface area (Å²) >= 11 is 0. The van der Waals surface area contributed by atoms with Gasteiger partial charge in [-0.05, 0) is 37.8 Å². The topological polar surface area (TPSA) is 64.8 Å². The fraction of sp³-hybridized carbons (Fsp3) is 0.562. The van der Waals surface area contributed by atoms with Gasteiger partial charge in [0, 0.05) is 19.1 Å². The maximum Gasteiger partial charge on any atom is 0.261 e. The third-order valence-corrected chi connectivity index (χ3v) is 4.13. The van der Waals surface area contributed by atoms with Gasteiger partial charge in [-0.2, -0.15) is 0 Å². The highest BCUT2D eigenvalue weighted by Crippen LogP contribution is 2.31. The van der Waals surface area contributed by atoms with Gasteiger partial charge in [-0.3, -0.25) is 4.79 Å². The van der Waals surface area contributed by atoms with Crippen molar-refractivity contribution < 1.29 is 14.3 Å². The van der Waals surface area contributed by atoms with Crippen molar-refractivity contribution in [3.63, 3.8) is 0 Å².